The summed E-state index contributed by atoms with van der Waals surface area (Å²) in [7, 11) is 0. The van der Waals surface area contributed by atoms with Crippen LogP contribution in [-0.2, 0) is 16.0 Å². The number of benzene rings is 1. The smallest absolute Gasteiger partial charge is 0.326 e. The van der Waals surface area contributed by atoms with Crippen LogP contribution in [-0.4, -0.2) is 29.1 Å². The fourth-order valence-corrected chi connectivity index (χ4v) is 1.86. The van der Waals surface area contributed by atoms with Crippen molar-refractivity contribution in [2.24, 2.45) is 5.11 Å². The average molecular weight is 290 g/mol. The summed E-state index contributed by atoms with van der Waals surface area (Å²) < 4.78 is 0. The van der Waals surface area contributed by atoms with Gasteiger partial charge in [0.1, 0.15) is 6.04 Å². The largest absolute Gasteiger partial charge is 0.480 e. The van der Waals surface area contributed by atoms with Gasteiger partial charge in [0, 0.05) is 23.8 Å². The number of hydrogen-bond donors (Lipinski definition) is 2. The molecule has 0 saturated heterocycles. The first-order valence-corrected chi connectivity index (χ1v) is 6.67. The molecule has 1 aromatic rings. The zero-order valence-electron chi connectivity index (χ0n) is 11.8. The van der Waals surface area contributed by atoms with Crippen molar-refractivity contribution in [3.8, 4) is 0 Å². The van der Waals surface area contributed by atoms with Crippen molar-refractivity contribution in [3.63, 3.8) is 0 Å². The van der Waals surface area contributed by atoms with Crippen LogP contribution in [0.2, 0.25) is 0 Å². The zero-order chi connectivity index (χ0) is 15.7. The minimum atomic E-state index is -1.09. The number of carbonyl (C=O) groups is 2. The number of aliphatic carboxylic acids is 1. The highest BCUT2D eigenvalue weighted by atomic mass is 16.4. The summed E-state index contributed by atoms with van der Waals surface area (Å²) in [6.07, 6.45) is 0.716. The Balaban J connectivity index is 2.64. The Labute approximate surface area is 122 Å². The summed E-state index contributed by atoms with van der Waals surface area (Å²) in [6.45, 7) is 1.80. The molecule has 112 valence electrons. The van der Waals surface area contributed by atoms with Crippen LogP contribution < -0.4 is 5.32 Å². The Bertz CT molecular complexity index is 526. The molecule has 7 heteroatoms. The van der Waals surface area contributed by atoms with Crippen LogP contribution in [0.4, 0.5) is 0 Å². The number of azide groups is 1. The Kier molecular flexibility index (Phi) is 6.77. The van der Waals surface area contributed by atoms with E-state index in [1.54, 1.807) is 19.1 Å². The van der Waals surface area contributed by atoms with Gasteiger partial charge in [-0.25, -0.2) is 4.79 Å². The van der Waals surface area contributed by atoms with Gasteiger partial charge in [0.25, 0.3) is 0 Å². The van der Waals surface area contributed by atoms with Gasteiger partial charge in [0.2, 0.25) is 5.91 Å². The quantitative estimate of drug-likeness (QED) is 0.434. The highest BCUT2D eigenvalue weighted by molar-refractivity contribution is 5.84. The number of nitrogens with one attached hydrogen (secondary N) is 1. The number of rotatable bonds is 8. The molecule has 0 aliphatic rings. The van der Waals surface area contributed by atoms with E-state index in [4.69, 9.17) is 5.53 Å². The summed E-state index contributed by atoms with van der Waals surface area (Å²) in [4.78, 5) is 25.7. The second kappa shape index (κ2) is 8.60. The lowest BCUT2D eigenvalue weighted by Crippen LogP contribution is -2.43. The topological polar surface area (TPSA) is 115 Å². The van der Waals surface area contributed by atoms with Gasteiger partial charge in [0.15, 0.2) is 0 Å². The molecule has 0 radical (unpaired) electrons. The molecule has 0 heterocycles. The first-order chi connectivity index (χ1) is 10.1. The van der Waals surface area contributed by atoms with Crippen molar-refractivity contribution in [2.45, 2.75) is 38.3 Å². The lowest BCUT2D eigenvalue weighted by Gasteiger charge is -2.16. The Morgan fingerprint density at radius 2 is 2.05 bits per heavy atom. The maximum Gasteiger partial charge on any atom is 0.326 e. The van der Waals surface area contributed by atoms with E-state index in [0.717, 1.165) is 5.56 Å². The average Bonchev–Trinajstić information content (AvgIpc) is 2.47. The second-order valence-electron chi connectivity index (χ2n) is 4.62. The molecule has 0 aromatic heterocycles. The van der Waals surface area contributed by atoms with E-state index in [0.29, 0.717) is 6.42 Å². The van der Waals surface area contributed by atoms with Crippen molar-refractivity contribution >= 4 is 11.9 Å². The van der Waals surface area contributed by atoms with Gasteiger partial charge in [0.05, 0.1) is 0 Å². The van der Waals surface area contributed by atoms with Gasteiger partial charge < -0.3 is 10.4 Å². The molecule has 1 aromatic carbocycles. The Morgan fingerprint density at radius 1 is 1.38 bits per heavy atom. The summed E-state index contributed by atoms with van der Waals surface area (Å²) in [5, 5.41) is 15.1. The van der Waals surface area contributed by atoms with Crippen molar-refractivity contribution < 1.29 is 14.7 Å². The van der Waals surface area contributed by atoms with Gasteiger partial charge in [-0.15, -0.1) is 0 Å². The van der Waals surface area contributed by atoms with Crippen LogP contribution in [0.3, 0.4) is 0 Å². The van der Waals surface area contributed by atoms with E-state index in [-0.39, 0.29) is 12.8 Å². The molecule has 0 fully saturated rings. The number of carboxylic acids is 1. The van der Waals surface area contributed by atoms with E-state index in [1.165, 1.54) is 0 Å². The van der Waals surface area contributed by atoms with Crippen LogP contribution in [0.5, 0.6) is 0 Å². The number of carbonyl (C=O) groups excluding carboxylic acids is 1. The maximum absolute atomic E-state index is 11.8. The first kappa shape index (κ1) is 16.5. The van der Waals surface area contributed by atoms with Crippen LogP contribution in [0.1, 0.15) is 25.3 Å². The number of amides is 1. The van der Waals surface area contributed by atoms with Gasteiger partial charge in [-0.1, -0.05) is 42.4 Å². The number of hydrogen-bond acceptors (Lipinski definition) is 3. The monoisotopic (exact) mass is 290 g/mol. The molecule has 2 N–H and O–H groups in total. The molecule has 0 bridgehead atoms. The van der Waals surface area contributed by atoms with Gasteiger partial charge in [-0.2, -0.15) is 0 Å². The number of carboxylic acid groups (broad SMARTS) is 1. The lowest BCUT2D eigenvalue weighted by molar-refractivity contribution is -0.141. The second-order valence-corrected chi connectivity index (χ2v) is 4.62. The van der Waals surface area contributed by atoms with Crippen LogP contribution in [0.15, 0.2) is 35.4 Å². The predicted molar refractivity (Wildman–Crippen MR) is 77.6 cm³/mol. The van der Waals surface area contributed by atoms with Crippen molar-refractivity contribution in [3.05, 3.63) is 46.3 Å². The van der Waals surface area contributed by atoms with E-state index in [2.05, 4.69) is 15.3 Å². The molecule has 0 aliphatic heterocycles. The molecular formula is C14H18N4O3. The summed E-state index contributed by atoms with van der Waals surface area (Å²) in [6, 6.07) is 7.61. The van der Waals surface area contributed by atoms with Crippen molar-refractivity contribution in [1.29, 1.82) is 0 Å². The van der Waals surface area contributed by atoms with Crippen molar-refractivity contribution in [1.82, 2.24) is 5.32 Å². The first-order valence-electron chi connectivity index (χ1n) is 6.67. The minimum absolute atomic E-state index is 0.0148. The van der Waals surface area contributed by atoms with E-state index in [9.17, 15) is 14.7 Å². The molecule has 1 rings (SSSR count). The summed E-state index contributed by atoms with van der Waals surface area (Å²) in [5.74, 6) is -1.53. The van der Waals surface area contributed by atoms with E-state index in [1.807, 2.05) is 18.2 Å². The van der Waals surface area contributed by atoms with Crippen LogP contribution >= 0.6 is 0 Å². The maximum atomic E-state index is 11.8. The molecule has 1 amide bonds. The molecule has 1 unspecified atom stereocenters. The molecule has 2 atom stereocenters. The third-order valence-electron chi connectivity index (χ3n) is 3.02. The summed E-state index contributed by atoms with van der Waals surface area (Å²) >= 11 is 0. The molecule has 21 heavy (non-hydrogen) atoms. The highest BCUT2D eigenvalue weighted by Crippen LogP contribution is 2.06. The molecule has 0 aliphatic carbocycles. The molecule has 0 saturated carbocycles. The normalized spacial score (nSPS) is 12.8. The molecule has 0 spiro atoms. The third-order valence-corrected chi connectivity index (χ3v) is 3.02. The SMILES string of the molecule is CCC(CC(=O)N[C@@H](Cc1ccccc1)C(=O)O)N=[N+]=[N-]. The van der Waals surface area contributed by atoms with Crippen LogP contribution in [0.25, 0.3) is 10.4 Å². The molecule has 7 nitrogen and oxygen atoms in total. The van der Waals surface area contributed by atoms with Crippen molar-refractivity contribution in [2.75, 3.05) is 0 Å². The van der Waals surface area contributed by atoms with Gasteiger partial charge in [-0.05, 0) is 17.5 Å². The highest BCUT2D eigenvalue weighted by Gasteiger charge is 2.21. The van der Waals surface area contributed by atoms with Gasteiger partial charge >= 0.3 is 5.97 Å². The zero-order valence-corrected chi connectivity index (χ0v) is 11.8. The van der Waals surface area contributed by atoms with E-state index < -0.39 is 24.0 Å². The Hall–Kier alpha value is -2.53. The molecular weight excluding hydrogens is 272 g/mol. The Morgan fingerprint density at radius 3 is 2.57 bits per heavy atom. The third kappa shape index (κ3) is 5.97. The van der Waals surface area contributed by atoms with E-state index >= 15 is 0 Å². The number of nitrogens with zero attached hydrogens (tertiary/aromatic N) is 3. The van der Waals surface area contributed by atoms with Crippen LogP contribution in [0, 0.1) is 0 Å². The summed E-state index contributed by atoms with van der Waals surface area (Å²) in [5.41, 5.74) is 9.20. The fraction of sp³-hybridized carbons (Fsp3) is 0.429. The minimum Gasteiger partial charge on any atom is -0.480 e. The van der Waals surface area contributed by atoms with Gasteiger partial charge in [-0.3, -0.25) is 4.79 Å². The fourth-order valence-electron chi connectivity index (χ4n) is 1.86. The standard InChI is InChI=1S/C14H18N4O3/c1-2-11(17-18-15)9-13(19)16-12(14(20)21)8-10-6-4-3-5-7-10/h3-7,11-12H,2,8-9H2,1H3,(H,16,19)(H,20,21)/t11?,12-/m0/s1. The lowest BCUT2D eigenvalue weighted by atomic mass is 10.1. The predicted octanol–water partition coefficient (Wildman–Crippen LogP) is 2.28.